The minimum atomic E-state index is -0.191. The molecule has 2 aromatic rings. The summed E-state index contributed by atoms with van der Waals surface area (Å²) in [5, 5.41) is 7.50. The normalized spacial score (nSPS) is 16.1. The van der Waals surface area contributed by atoms with E-state index in [1.54, 1.807) is 7.11 Å². The molecule has 2 aromatic carbocycles. The van der Waals surface area contributed by atoms with Crippen LogP contribution in [-0.2, 0) is 9.53 Å². The average molecular weight is 397 g/mol. The lowest BCUT2D eigenvalue weighted by molar-refractivity contribution is -0.928. The minimum absolute atomic E-state index is 0.0925. The van der Waals surface area contributed by atoms with Crippen LogP contribution in [0.25, 0.3) is 0 Å². The Hall–Kier alpha value is -2.90. The summed E-state index contributed by atoms with van der Waals surface area (Å²) in [6.07, 6.45) is 0. The Labute approximate surface area is 171 Å². The Kier molecular flexibility index (Phi) is 7.61. The fourth-order valence-corrected chi connectivity index (χ4v) is 3.49. The molecule has 1 aliphatic rings. The van der Waals surface area contributed by atoms with Gasteiger partial charge in [0.15, 0.2) is 6.04 Å². The maximum absolute atomic E-state index is 12.2. The summed E-state index contributed by atoms with van der Waals surface area (Å²) in [4.78, 5) is 13.6. The number of amides is 1. The molecule has 7 nitrogen and oxygen atoms in total. The Morgan fingerprint density at radius 2 is 1.83 bits per heavy atom. The van der Waals surface area contributed by atoms with Crippen molar-refractivity contribution in [2.24, 2.45) is 5.10 Å². The van der Waals surface area contributed by atoms with Crippen molar-refractivity contribution in [3.05, 3.63) is 60.2 Å². The molecule has 0 aliphatic carbocycles. The number of benzene rings is 2. The summed E-state index contributed by atoms with van der Waals surface area (Å²) < 4.78 is 10.6. The summed E-state index contributed by atoms with van der Waals surface area (Å²) in [5.74, 6) is 0.585. The zero-order chi connectivity index (χ0) is 20.5. The number of hydrogen-bond donors (Lipinski definition) is 3. The minimum Gasteiger partial charge on any atom is -0.497 e. The molecule has 1 atom stereocenters. The van der Waals surface area contributed by atoms with Gasteiger partial charge >= 0.3 is 0 Å². The fraction of sp³-hybridized carbons (Fsp3) is 0.364. The molecule has 1 heterocycles. The number of carbonyl (C=O) groups excluding carboxylic acids is 1. The Morgan fingerprint density at radius 1 is 1.14 bits per heavy atom. The number of rotatable bonds is 8. The highest BCUT2D eigenvalue weighted by Crippen LogP contribution is 2.14. The number of anilines is 1. The molecule has 1 aliphatic heterocycles. The van der Waals surface area contributed by atoms with Gasteiger partial charge in [0.05, 0.1) is 32.6 Å². The van der Waals surface area contributed by atoms with E-state index in [9.17, 15) is 4.79 Å². The number of ether oxygens (including phenoxy) is 2. The third kappa shape index (κ3) is 6.04. The van der Waals surface area contributed by atoms with E-state index in [-0.39, 0.29) is 18.5 Å². The van der Waals surface area contributed by atoms with Crippen molar-refractivity contribution >= 4 is 17.3 Å². The number of morpholine rings is 1. The van der Waals surface area contributed by atoms with Gasteiger partial charge in [-0.3, -0.25) is 4.79 Å². The van der Waals surface area contributed by atoms with Crippen LogP contribution in [0.2, 0.25) is 0 Å². The van der Waals surface area contributed by atoms with E-state index in [0.29, 0.717) is 0 Å². The van der Waals surface area contributed by atoms with Crippen molar-refractivity contribution in [2.45, 2.75) is 13.0 Å². The first-order chi connectivity index (χ1) is 14.2. The number of carbonyl (C=O) groups is 1. The van der Waals surface area contributed by atoms with E-state index in [0.717, 1.165) is 43.5 Å². The molecule has 1 amide bonds. The summed E-state index contributed by atoms with van der Waals surface area (Å²) in [6, 6.07) is 17.8. The quantitative estimate of drug-likeness (QED) is 0.463. The van der Waals surface area contributed by atoms with E-state index in [2.05, 4.69) is 28.0 Å². The van der Waals surface area contributed by atoms with Gasteiger partial charge in [0, 0.05) is 11.3 Å². The molecule has 7 heteroatoms. The van der Waals surface area contributed by atoms with Crippen LogP contribution in [-0.4, -0.2) is 51.6 Å². The molecule has 0 unspecified atom stereocenters. The number of hydrazone groups is 1. The molecular formula is C22H29N4O3+. The Bertz CT molecular complexity index is 803. The lowest BCUT2D eigenvalue weighted by atomic mass is 10.0. The molecule has 0 saturated carbocycles. The standard InChI is InChI=1S/C22H28N4O3/c1-17(22(18-6-4-3-5-7-18)26-12-14-29-15-13-26)24-25-21(27)16-23-19-8-10-20(28-2)11-9-19/h3-11,22-23H,12-16H2,1-2H3,(H,25,27)/p+1/b24-17-/t22-/m0/s1. The molecule has 0 spiro atoms. The highest BCUT2D eigenvalue weighted by Gasteiger charge is 2.29. The first-order valence-electron chi connectivity index (χ1n) is 9.85. The molecular weight excluding hydrogens is 368 g/mol. The van der Waals surface area contributed by atoms with E-state index >= 15 is 0 Å². The maximum atomic E-state index is 12.2. The van der Waals surface area contributed by atoms with Gasteiger partial charge < -0.3 is 19.7 Å². The highest BCUT2D eigenvalue weighted by atomic mass is 16.5. The van der Waals surface area contributed by atoms with Gasteiger partial charge in [0.2, 0.25) is 0 Å². The van der Waals surface area contributed by atoms with E-state index < -0.39 is 0 Å². The fourth-order valence-electron chi connectivity index (χ4n) is 3.49. The second-order valence-electron chi connectivity index (χ2n) is 6.98. The third-order valence-corrected chi connectivity index (χ3v) is 4.99. The van der Waals surface area contributed by atoms with Gasteiger partial charge in [-0.05, 0) is 31.2 Å². The lowest BCUT2D eigenvalue weighted by Gasteiger charge is -2.31. The van der Waals surface area contributed by atoms with Crippen molar-refractivity contribution < 1.29 is 19.2 Å². The number of methoxy groups -OCH3 is 1. The maximum Gasteiger partial charge on any atom is 0.259 e. The number of nitrogens with zero attached hydrogens (tertiary/aromatic N) is 1. The predicted molar refractivity (Wildman–Crippen MR) is 113 cm³/mol. The van der Waals surface area contributed by atoms with Crippen LogP contribution in [0.3, 0.4) is 0 Å². The Morgan fingerprint density at radius 3 is 2.48 bits per heavy atom. The van der Waals surface area contributed by atoms with Crippen LogP contribution in [0.15, 0.2) is 59.7 Å². The number of hydrogen-bond acceptors (Lipinski definition) is 5. The van der Waals surface area contributed by atoms with Crippen LogP contribution in [0, 0.1) is 0 Å². The number of quaternary nitrogens is 1. The third-order valence-electron chi connectivity index (χ3n) is 4.99. The lowest BCUT2D eigenvalue weighted by Crippen LogP contribution is -3.15. The molecule has 29 heavy (non-hydrogen) atoms. The Balaban J connectivity index is 1.60. The van der Waals surface area contributed by atoms with Crippen LogP contribution in [0.4, 0.5) is 5.69 Å². The molecule has 1 saturated heterocycles. The molecule has 154 valence electrons. The van der Waals surface area contributed by atoms with Crippen LogP contribution < -0.4 is 20.4 Å². The molecule has 0 aromatic heterocycles. The van der Waals surface area contributed by atoms with Crippen molar-refractivity contribution in [1.29, 1.82) is 0 Å². The number of nitrogens with one attached hydrogen (secondary N) is 3. The van der Waals surface area contributed by atoms with Gasteiger partial charge in [0.1, 0.15) is 18.8 Å². The molecule has 1 fully saturated rings. The predicted octanol–water partition coefficient (Wildman–Crippen LogP) is 1.26. The van der Waals surface area contributed by atoms with E-state index in [4.69, 9.17) is 9.47 Å². The summed E-state index contributed by atoms with van der Waals surface area (Å²) in [6.45, 7) is 5.42. The second kappa shape index (κ2) is 10.6. The van der Waals surface area contributed by atoms with Crippen molar-refractivity contribution in [3.63, 3.8) is 0 Å². The van der Waals surface area contributed by atoms with Gasteiger partial charge in [-0.15, -0.1) is 0 Å². The van der Waals surface area contributed by atoms with Crippen LogP contribution >= 0.6 is 0 Å². The summed E-state index contributed by atoms with van der Waals surface area (Å²) >= 11 is 0. The first kappa shape index (κ1) is 20.8. The van der Waals surface area contributed by atoms with Crippen LogP contribution in [0.5, 0.6) is 5.75 Å². The molecule has 3 rings (SSSR count). The monoisotopic (exact) mass is 397 g/mol. The van der Waals surface area contributed by atoms with Crippen molar-refractivity contribution in [2.75, 3.05) is 45.3 Å². The van der Waals surface area contributed by atoms with E-state index in [1.165, 1.54) is 10.5 Å². The second-order valence-corrected chi connectivity index (χ2v) is 6.98. The SMILES string of the molecule is COc1ccc(NCC(=O)N/N=C(/C)[C@@H](c2ccccc2)[NH+]2CCOCC2)cc1. The smallest absolute Gasteiger partial charge is 0.259 e. The van der Waals surface area contributed by atoms with Gasteiger partial charge in [-0.1, -0.05) is 30.3 Å². The zero-order valence-electron chi connectivity index (χ0n) is 17.0. The van der Waals surface area contributed by atoms with E-state index in [1.807, 2.05) is 49.4 Å². The highest BCUT2D eigenvalue weighted by molar-refractivity contribution is 5.89. The van der Waals surface area contributed by atoms with Gasteiger partial charge in [-0.25, -0.2) is 5.43 Å². The van der Waals surface area contributed by atoms with Gasteiger partial charge in [-0.2, -0.15) is 5.10 Å². The van der Waals surface area contributed by atoms with Crippen molar-refractivity contribution in [1.82, 2.24) is 5.43 Å². The molecule has 0 radical (unpaired) electrons. The van der Waals surface area contributed by atoms with Crippen molar-refractivity contribution in [3.8, 4) is 5.75 Å². The molecule has 3 N–H and O–H groups in total. The largest absolute Gasteiger partial charge is 0.497 e. The average Bonchev–Trinajstić information content (AvgIpc) is 2.78. The molecule has 0 bridgehead atoms. The first-order valence-corrected chi connectivity index (χ1v) is 9.85. The zero-order valence-corrected chi connectivity index (χ0v) is 17.0. The van der Waals surface area contributed by atoms with Gasteiger partial charge in [0.25, 0.3) is 5.91 Å². The summed E-state index contributed by atoms with van der Waals surface area (Å²) in [7, 11) is 1.62. The topological polar surface area (TPSA) is 76.4 Å². The summed E-state index contributed by atoms with van der Waals surface area (Å²) in [5.41, 5.74) is 5.60. The van der Waals surface area contributed by atoms with Crippen LogP contribution in [0.1, 0.15) is 18.5 Å².